The molecule has 2 aromatic carbocycles. The van der Waals surface area contributed by atoms with E-state index in [1.54, 1.807) is 11.8 Å². The Balaban J connectivity index is 2.11. The fourth-order valence-corrected chi connectivity index (χ4v) is 3.20. The van der Waals surface area contributed by atoms with E-state index >= 15 is 0 Å². The second-order valence-electron chi connectivity index (χ2n) is 4.88. The van der Waals surface area contributed by atoms with Crippen molar-refractivity contribution in [2.24, 2.45) is 0 Å². The summed E-state index contributed by atoms with van der Waals surface area (Å²) in [5, 5.41) is -0.0849. The molecule has 1 atom stereocenters. The van der Waals surface area contributed by atoms with E-state index in [1.807, 2.05) is 31.2 Å². The lowest BCUT2D eigenvalue weighted by Gasteiger charge is -2.11. The number of halogens is 1. The monoisotopic (exact) mass is 348 g/mol. The van der Waals surface area contributed by atoms with Gasteiger partial charge in [0.15, 0.2) is 5.78 Å². The molecule has 0 spiro atoms. The molecule has 0 aromatic heterocycles. The lowest BCUT2D eigenvalue weighted by molar-refractivity contribution is 0.0994. The van der Waals surface area contributed by atoms with Crippen LogP contribution in [0.1, 0.15) is 28.4 Å². The molecule has 0 N–H and O–H groups in total. The van der Waals surface area contributed by atoms with Gasteiger partial charge in [0.25, 0.3) is 0 Å². The van der Waals surface area contributed by atoms with Crippen LogP contribution < -0.4 is 0 Å². The van der Waals surface area contributed by atoms with E-state index in [-0.39, 0.29) is 11.0 Å². The summed E-state index contributed by atoms with van der Waals surface area (Å²) in [6.45, 7) is 6.16. The number of carbonyl (C=O) groups is 1. The first-order valence-corrected chi connectivity index (χ1v) is 8.18. The minimum Gasteiger partial charge on any atom is -0.293 e. The minimum absolute atomic E-state index is 0.0849. The average molecular weight is 349 g/mol. The Morgan fingerprint density at radius 1 is 1.05 bits per heavy atom. The zero-order valence-electron chi connectivity index (χ0n) is 11.8. The van der Waals surface area contributed by atoms with Crippen LogP contribution in [0.25, 0.3) is 0 Å². The van der Waals surface area contributed by atoms with Gasteiger partial charge in [-0.1, -0.05) is 34.1 Å². The van der Waals surface area contributed by atoms with Crippen LogP contribution in [0.15, 0.2) is 51.8 Å². The van der Waals surface area contributed by atoms with Gasteiger partial charge < -0.3 is 0 Å². The second-order valence-corrected chi connectivity index (χ2v) is 7.21. The summed E-state index contributed by atoms with van der Waals surface area (Å²) in [6.07, 6.45) is 0. The number of Topliss-reactive ketones (excluding diaryl/α,β-unsaturated/α-hetero) is 1. The van der Waals surface area contributed by atoms with Crippen LogP contribution in [0.2, 0.25) is 0 Å². The molecule has 2 rings (SSSR count). The third-order valence-electron chi connectivity index (χ3n) is 3.29. The number of thioether (sulfide) groups is 1. The van der Waals surface area contributed by atoms with Crippen molar-refractivity contribution in [1.82, 2.24) is 0 Å². The van der Waals surface area contributed by atoms with E-state index in [4.69, 9.17) is 0 Å². The van der Waals surface area contributed by atoms with Gasteiger partial charge in [-0.05, 0) is 56.2 Å². The van der Waals surface area contributed by atoms with Gasteiger partial charge in [0, 0.05) is 14.9 Å². The Bertz CT molecular complexity index is 619. The Kier molecular flexibility index (Phi) is 5.06. The molecule has 2 aromatic rings. The summed E-state index contributed by atoms with van der Waals surface area (Å²) in [4.78, 5) is 13.5. The van der Waals surface area contributed by atoms with Crippen LogP contribution in [0, 0.1) is 13.8 Å². The van der Waals surface area contributed by atoms with Gasteiger partial charge in [0.1, 0.15) is 0 Å². The molecule has 3 heteroatoms. The predicted molar refractivity (Wildman–Crippen MR) is 89.7 cm³/mol. The van der Waals surface area contributed by atoms with E-state index in [9.17, 15) is 4.79 Å². The number of benzene rings is 2. The maximum atomic E-state index is 12.4. The Morgan fingerprint density at radius 3 is 2.30 bits per heavy atom. The highest BCUT2D eigenvalue weighted by molar-refractivity contribution is 9.10. The van der Waals surface area contributed by atoms with E-state index in [2.05, 4.69) is 48.0 Å². The van der Waals surface area contributed by atoms with Crippen LogP contribution in [0.5, 0.6) is 0 Å². The van der Waals surface area contributed by atoms with E-state index in [0.717, 1.165) is 14.9 Å². The number of carbonyl (C=O) groups excluding carboxylic acids is 1. The van der Waals surface area contributed by atoms with Crippen LogP contribution in [-0.4, -0.2) is 11.0 Å². The van der Waals surface area contributed by atoms with E-state index in [0.29, 0.717) is 0 Å². The normalized spacial score (nSPS) is 12.2. The molecule has 0 radical (unpaired) electrons. The summed E-state index contributed by atoms with van der Waals surface area (Å²) < 4.78 is 0.989. The van der Waals surface area contributed by atoms with Crippen LogP contribution in [0.3, 0.4) is 0 Å². The van der Waals surface area contributed by atoms with Crippen LogP contribution in [0.4, 0.5) is 0 Å². The van der Waals surface area contributed by atoms with Gasteiger partial charge in [-0.3, -0.25) is 4.79 Å². The topological polar surface area (TPSA) is 17.1 Å². The molecule has 0 saturated heterocycles. The molecule has 1 unspecified atom stereocenters. The largest absolute Gasteiger partial charge is 0.293 e. The molecule has 20 heavy (non-hydrogen) atoms. The first-order valence-electron chi connectivity index (χ1n) is 6.51. The molecular weight excluding hydrogens is 332 g/mol. The minimum atomic E-state index is -0.0849. The van der Waals surface area contributed by atoms with Gasteiger partial charge >= 0.3 is 0 Å². The second kappa shape index (κ2) is 6.59. The molecule has 0 saturated carbocycles. The SMILES string of the molecule is Cc1ccc(SC(C)C(=O)c2ccc(Br)cc2)cc1C. The van der Waals surface area contributed by atoms with Crippen molar-refractivity contribution in [3.05, 3.63) is 63.6 Å². The summed E-state index contributed by atoms with van der Waals surface area (Å²) >= 11 is 5.00. The zero-order chi connectivity index (χ0) is 14.7. The molecule has 0 aliphatic heterocycles. The van der Waals surface area contributed by atoms with Crippen molar-refractivity contribution >= 4 is 33.5 Å². The van der Waals surface area contributed by atoms with Gasteiger partial charge in [-0.15, -0.1) is 11.8 Å². The molecule has 104 valence electrons. The molecule has 0 heterocycles. The van der Waals surface area contributed by atoms with Gasteiger partial charge in [-0.2, -0.15) is 0 Å². The predicted octanol–water partition coefficient (Wildman–Crippen LogP) is 5.43. The van der Waals surface area contributed by atoms with E-state index < -0.39 is 0 Å². The first-order chi connectivity index (χ1) is 9.47. The van der Waals surface area contributed by atoms with Crippen molar-refractivity contribution < 1.29 is 4.79 Å². The highest BCUT2D eigenvalue weighted by Gasteiger charge is 2.16. The quantitative estimate of drug-likeness (QED) is 0.541. The smallest absolute Gasteiger partial charge is 0.175 e. The van der Waals surface area contributed by atoms with Crippen molar-refractivity contribution in [2.75, 3.05) is 0 Å². The van der Waals surface area contributed by atoms with E-state index in [1.165, 1.54) is 11.1 Å². The first kappa shape index (κ1) is 15.3. The highest BCUT2D eigenvalue weighted by atomic mass is 79.9. The lowest BCUT2D eigenvalue weighted by atomic mass is 10.1. The standard InChI is InChI=1S/C17H17BrOS/c1-11-4-9-16(10-12(11)2)20-13(3)17(19)14-5-7-15(18)8-6-14/h4-10,13H,1-3H3. The maximum Gasteiger partial charge on any atom is 0.175 e. The third-order valence-corrected chi connectivity index (χ3v) is 4.91. The molecule has 0 fully saturated rings. The molecule has 0 amide bonds. The lowest BCUT2D eigenvalue weighted by Crippen LogP contribution is -2.13. The fourth-order valence-electron chi connectivity index (χ4n) is 1.89. The molecule has 0 aliphatic rings. The third kappa shape index (κ3) is 3.74. The Hall–Kier alpha value is -1.06. The summed E-state index contributed by atoms with van der Waals surface area (Å²) in [6, 6.07) is 13.9. The zero-order valence-corrected chi connectivity index (χ0v) is 14.2. The molecule has 1 nitrogen and oxygen atoms in total. The fraction of sp³-hybridized carbons (Fsp3) is 0.235. The highest BCUT2D eigenvalue weighted by Crippen LogP contribution is 2.27. The van der Waals surface area contributed by atoms with Gasteiger partial charge in [0.2, 0.25) is 0 Å². The Labute approximate surface area is 132 Å². The maximum absolute atomic E-state index is 12.4. The number of aryl methyl sites for hydroxylation is 2. The van der Waals surface area contributed by atoms with Crippen LogP contribution in [-0.2, 0) is 0 Å². The van der Waals surface area contributed by atoms with Crippen molar-refractivity contribution in [3.63, 3.8) is 0 Å². The number of ketones is 1. The molecular formula is C17H17BrOS. The van der Waals surface area contributed by atoms with Crippen molar-refractivity contribution in [2.45, 2.75) is 30.9 Å². The van der Waals surface area contributed by atoms with Gasteiger partial charge in [0.05, 0.1) is 5.25 Å². The molecule has 0 bridgehead atoms. The summed E-state index contributed by atoms with van der Waals surface area (Å²) in [7, 11) is 0. The number of rotatable bonds is 4. The van der Waals surface area contributed by atoms with Crippen molar-refractivity contribution in [1.29, 1.82) is 0 Å². The number of hydrogen-bond donors (Lipinski definition) is 0. The average Bonchev–Trinajstić information content (AvgIpc) is 2.43. The summed E-state index contributed by atoms with van der Waals surface area (Å²) in [5.74, 6) is 0.167. The summed E-state index contributed by atoms with van der Waals surface area (Å²) in [5.41, 5.74) is 3.30. The Morgan fingerprint density at radius 2 is 1.70 bits per heavy atom. The molecule has 0 aliphatic carbocycles. The number of hydrogen-bond acceptors (Lipinski definition) is 2. The van der Waals surface area contributed by atoms with Gasteiger partial charge in [-0.25, -0.2) is 0 Å². The van der Waals surface area contributed by atoms with Crippen LogP contribution >= 0.6 is 27.7 Å². The van der Waals surface area contributed by atoms with Crippen molar-refractivity contribution in [3.8, 4) is 0 Å².